The average Bonchev–Trinajstić information content (AvgIpc) is 3.08. The number of rotatable bonds is 3. The maximum atomic E-state index is 12.4. The second kappa shape index (κ2) is 4.46. The molecule has 102 valence electrons. The molecule has 0 radical (unpaired) electrons. The Kier molecular flexibility index (Phi) is 2.90. The lowest BCUT2D eigenvalue weighted by Crippen LogP contribution is -2.47. The second-order valence-electron chi connectivity index (χ2n) is 4.56. The van der Waals surface area contributed by atoms with Crippen LogP contribution < -0.4 is 10.1 Å². The van der Waals surface area contributed by atoms with Crippen molar-refractivity contribution in [2.24, 2.45) is 0 Å². The predicted molar refractivity (Wildman–Crippen MR) is 65.9 cm³/mol. The predicted octanol–water partition coefficient (Wildman–Crippen LogP) is 0.363. The first-order valence-corrected chi connectivity index (χ1v) is 6.69. The third-order valence-electron chi connectivity index (χ3n) is 3.39. The van der Waals surface area contributed by atoms with Gasteiger partial charge in [0, 0.05) is 24.0 Å². The molecule has 1 atom stereocenters. The molecular formula is C11H13N3O4S. The highest BCUT2D eigenvalue weighted by Crippen LogP contribution is 2.29. The molecule has 3 amide bonds. The summed E-state index contributed by atoms with van der Waals surface area (Å²) in [5.74, 6) is 0.220. The van der Waals surface area contributed by atoms with Crippen LogP contribution in [0.25, 0.3) is 0 Å². The van der Waals surface area contributed by atoms with Crippen molar-refractivity contribution in [3.05, 3.63) is 10.9 Å². The fraction of sp³-hybridized carbons (Fsp3) is 0.545. The summed E-state index contributed by atoms with van der Waals surface area (Å²) in [6.45, 7) is 0.905. The van der Waals surface area contributed by atoms with Crippen molar-refractivity contribution in [1.29, 1.82) is 0 Å². The number of ether oxygens (including phenoxy) is 2. The fourth-order valence-corrected chi connectivity index (χ4v) is 2.99. The van der Waals surface area contributed by atoms with E-state index in [0.29, 0.717) is 18.9 Å². The van der Waals surface area contributed by atoms with Crippen molar-refractivity contribution in [2.75, 3.05) is 20.3 Å². The van der Waals surface area contributed by atoms with Gasteiger partial charge in [0.05, 0.1) is 20.3 Å². The Labute approximate surface area is 113 Å². The lowest BCUT2D eigenvalue weighted by Gasteiger charge is -2.18. The van der Waals surface area contributed by atoms with E-state index in [-0.39, 0.29) is 25.1 Å². The molecule has 8 heteroatoms. The van der Waals surface area contributed by atoms with Gasteiger partial charge in [-0.2, -0.15) is 4.37 Å². The van der Waals surface area contributed by atoms with E-state index in [2.05, 4.69) is 9.69 Å². The van der Waals surface area contributed by atoms with Crippen LogP contribution in [0, 0.1) is 0 Å². The molecule has 1 unspecified atom stereocenters. The highest BCUT2D eigenvalue weighted by atomic mass is 32.1. The van der Waals surface area contributed by atoms with Crippen molar-refractivity contribution < 1.29 is 19.1 Å². The summed E-state index contributed by atoms with van der Waals surface area (Å²) in [6, 6.07) is -0.385. The number of carbonyl (C=O) groups excluding carboxylic acids is 2. The molecule has 3 heterocycles. The Morgan fingerprint density at radius 3 is 3.16 bits per heavy atom. The molecule has 19 heavy (non-hydrogen) atoms. The van der Waals surface area contributed by atoms with Crippen LogP contribution in [0.1, 0.15) is 12.0 Å². The number of nitrogens with one attached hydrogen (secondary N) is 1. The van der Waals surface area contributed by atoms with E-state index in [9.17, 15) is 9.59 Å². The molecule has 0 aliphatic carbocycles. The zero-order chi connectivity index (χ0) is 13.5. The van der Waals surface area contributed by atoms with E-state index in [1.54, 1.807) is 5.38 Å². The standard InChI is InChI=1S/C11H13N3O4S/c1-17-8-7(5-19-13-8)4-14-9(15)11(12-10(14)16)2-3-18-6-11/h5H,2-4,6H2,1H3,(H,12,16). The largest absolute Gasteiger partial charge is 0.480 e. The van der Waals surface area contributed by atoms with Gasteiger partial charge in [-0.05, 0) is 11.5 Å². The van der Waals surface area contributed by atoms with Crippen molar-refractivity contribution in [2.45, 2.75) is 18.5 Å². The normalized spacial score (nSPS) is 26.3. The Morgan fingerprint density at radius 2 is 2.47 bits per heavy atom. The zero-order valence-electron chi connectivity index (χ0n) is 10.3. The van der Waals surface area contributed by atoms with Crippen molar-refractivity contribution in [3.8, 4) is 5.88 Å². The summed E-state index contributed by atoms with van der Waals surface area (Å²) in [7, 11) is 1.51. The topological polar surface area (TPSA) is 80.8 Å². The maximum Gasteiger partial charge on any atom is 0.325 e. The number of urea groups is 1. The number of amides is 3. The van der Waals surface area contributed by atoms with Gasteiger partial charge in [0.2, 0.25) is 5.88 Å². The molecule has 2 aliphatic rings. The number of carbonyl (C=O) groups is 2. The molecule has 0 saturated carbocycles. The van der Waals surface area contributed by atoms with Gasteiger partial charge in [-0.15, -0.1) is 0 Å². The minimum absolute atomic E-state index is 0.173. The molecule has 1 N–H and O–H groups in total. The van der Waals surface area contributed by atoms with E-state index in [1.807, 2.05) is 0 Å². The van der Waals surface area contributed by atoms with Gasteiger partial charge in [0.1, 0.15) is 5.54 Å². The van der Waals surface area contributed by atoms with Gasteiger partial charge in [-0.25, -0.2) is 4.79 Å². The lowest BCUT2D eigenvalue weighted by atomic mass is 9.99. The monoisotopic (exact) mass is 283 g/mol. The molecule has 2 saturated heterocycles. The number of hydrogen-bond acceptors (Lipinski definition) is 6. The minimum Gasteiger partial charge on any atom is -0.480 e. The highest BCUT2D eigenvalue weighted by molar-refractivity contribution is 7.03. The van der Waals surface area contributed by atoms with E-state index < -0.39 is 5.54 Å². The molecule has 1 aromatic heterocycles. The Balaban J connectivity index is 1.82. The number of aromatic nitrogens is 1. The summed E-state index contributed by atoms with van der Waals surface area (Å²) < 4.78 is 14.4. The smallest absolute Gasteiger partial charge is 0.325 e. The fourth-order valence-electron chi connectivity index (χ4n) is 2.34. The number of imide groups is 1. The van der Waals surface area contributed by atoms with Gasteiger partial charge in [0.15, 0.2) is 0 Å². The third kappa shape index (κ3) is 1.87. The summed E-state index contributed by atoms with van der Waals surface area (Å²) >= 11 is 1.23. The zero-order valence-corrected chi connectivity index (χ0v) is 11.2. The Bertz CT molecular complexity index is 524. The molecule has 0 bridgehead atoms. The summed E-state index contributed by atoms with van der Waals surface area (Å²) in [6.07, 6.45) is 0.521. The van der Waals surface area contributed by atoms with Gasteiger partial charge in [-0.3, -0.25) is 9.69 Å². The van der Waals surface area contributed by atoms with Crippen LogP contribution in [0.5, 0.6) is 5.88 Å². The first-order chi connectivity index (χ1) is 9.16. The van der Waals surface area contributed by atoms with E-state index >= 15 is 0 Å². The summed E-state index contributed by atoms with van der Waals surface area (Å²) in [4.78, 5) is 25.5. The molecule has 2 aliphatic heterocycles. The van der Waals surface area contributed by atoms with Gasteiger partial charge in [-0.1, -0.05) is 0 Å². The first-order valence-electron chi connectivity index (χ1n) is 5.85. The molecule has 3 rings (SSSR count). The SMILES string of the molecule is COc1nscc1CN1C(=O)NC2(CCOC2)C1=O. The maximum absolute atomic E-state index is 12.4. The molecule has 2 fully saturated rings. The first kappa shape index (κ1) is 12.4. The molecule has 7 nitrogen and oxygen atoms in total. The lowest BCUT2D eigenvalue weighted by molar-refractivity contribution is -0.131. The molecule has 1 spiro atoms. The Morgan fingerprint density at radius 1 is 1.63 bits per heavy atom. The van der Waals surface area contributed by atoms with Gasteiger partial charge >= 0.3 is 6.03 Å². The van der Waals surface area contributed by atoms with E-state index in [1.165, 1.54) is 23.5 Å². The van der Waals surface area contributed by atoms with Crippen LogP contribution in [-0.2, 0) is 16.1 Å². The second-order valence-corrected chi connectivity index (χ2v) is 5.18. The number of hydrogen-bond donors (Lipinski definition) is 1. The number of methoxy groups -OCH3 is 1. The van der Waals surface area contributed by atoms with Crippen molar-refractivity contribution >= 4 is 23.5 Å². The summed E-state index contributed by atoms with van der Waals surface area (Å²) in [5.41, 5.74) is -0.139. The van der Waals surface area contributed by atoms with Crippen LogP contribution in [0.4, 0.5) is 4.79 Å². The average molecular weight is 283 g/mol. The summed E-state index contributed by atoms with van der Waals surface area (Å²) in [5, 5.41) is 4.51. The van der Waals surface area contributed by atoms with E-state index in [0.717, 1.165) is 5.56 Å². The van der Waals surface area contributed by atoms with Crippen LogP contribution in [0.2, 0.25) is 0 Å². The highest BCUT2D eigenvalue weighted by Gasteiger charge is 2.53. The Hall–Kier alpha value is -1.67. The van der Waals surface area contributed by atoms with E-state index in [4.69, 9.17) is 9.47 Å². The quantitative estimate of drug-likeness (QED) is 0.810. The minimum atomic E-state index is -0.867. The third-order valence-corrected chi connectivity index (χ3v) is 4.06. The van der Waals surface area contributed by atoms with Crippen LogP contribution >= 0.6 is 11.5 Å². The van der Waals surface area contributed by atoms with Crippen molar-refractivity contribution in [1.82, 2.24) is 14.6 Å². The van der Waals surface area contributed by atoms with Crippen LogP contribution in [0.3, 0.4) is 0 Å². The molecule has 0 aromatic carbocycles. The number of nitrogens with zero attached hydrogens (tertiary/aromatic N) is 2. The molecule has 1 aromatic rings. The van der Waals surface area contributed by atoms with Crippen LogP contribution in [0.15, 0.2) is 5.38 Å². The molecular weight excluding hydrogens is 270 g/mol. The van der Waals surface area contributed by atoms with Gasteiger partial charge < -0.3 is 14.8 Å². The van der Waals surface area contributed by atoms with Crippen LogP contribution in [-0.4, -0.2) is 47.1 Å². The van der Waals surface area contributed by atoms with Gasteiger partial charge in [0.25, 0.3) is 5.91 Å². The van der Waals surface area contributed by atoms with Crippen molar-refractivity contribution in [3.63, 3.8) is 0 Å².